The molecule has 1 aromatic heterocycles. The van der Waals surface area contributed by atoms with Gasteiger partial charge in [-0.3, -0.25) is 9.59 Å². The summed E-state index contributed by atoms with van der Waals surface area (Å²) >= 11 is 0. The Morgan fingerprint density at radius 2 is 1.01 bits per heavy atom. The second kappa shape index (κ2) is 34.6. The predicted molar refractivity (Wildman–Crippen MR) is 282 cm³/mol. The summed E-state index contributed by atoms with van der Waals surface area (Å²) in [6.07, 6.45) is 36.6. The molecule has 2 rings (SSSR count). The fourth-order valence-corrected chi connectivity index (χ4v) is 11.3. The quantitative estimate of drug-likeness (QED) is 0.0359. The van der Waals surface area contributed by atoms with Crippen LogP contribution in [0, 0.1) is 11.3 Å². The van der Waals surface area contributed by atoms with Gasteiger partial charge in [0.15, 0.2) is 8.32 Å². The largest absolute Gasteiger partial charge is 0.469 e. The number of hydrogen-bond acceptors (Lipinski definition) is 10. The number of nitrogens with zero attached hydrogens (tertiary/aromatic N) is 4. The van der Waals surface area contributed by atoms with E-state index < -0.39 is 23.6 Å². The molecule has 0 spiro atoms. The number of rotatable bonds is 41. The summed E-state index contributed by atoms with van der Waals surface area (Å²) in [5, 5.41) is 11.3. The molecule has 392 valence electrons. The second-order valence-electron chi connectivity index (χ2n) is 22.3. The number of ether oxygens (including phenoxy) is 2. The number of tetrazole rings is 1. The zero-order chi connectivity index (χ0) is 50.2. The average molecular weight is 990 g/mol. The van der Waals surface area contributed by atoms with Crippen LogP contribution in [0.1, 0.15) is 241 Å². The summed E-state index contributed by atoms with van der Waals surface area (Å²) in [7, 11) is -4.21. The monoisotopic (exact) mass is 989 g/mol. The van der Waals surface area contributed by atoms with Crippen LogP contribution in [0.5, 0.6) is 0 Å². The molecule has 13 heteroatoms. The van der Waals surface area contributed by atoms with Gasteiger partial charge in [0.1, 0.15) is 0 Å². The molecule has 11 nitrogen and oxygen atoms in total. The van der Waals surface area contributed by atoms with Crippen LogP contribution >= 0.6 is 0 Å². The first kappa shape index (κ1) is 61.5. The van der Waals surface area contributed by atoms with Gasteiger partial charge in [0.2, 0.25) is 9.84 Å². The number of hydrogen-bond donors (Lipinski definition) is 0. The number of para-hydroxylation sites is 1. The Hall–Kier alpha value is -2.64. The van der Waals surface area contributed by atoms with Crippen molar-refractivity contribution in [1.29, 1.82) is 0 Å². The van der Waals surface area contributed by atoms with Crippen molar-refractivity contribution in [3.63, 3.8) is 0 Å². The topological polar surface area (TPSA) is 140 Å². The Labute approximate surface area is 417 Å². The minimum atomic E-state index is -3.60. The lowest BCUT2D eigenvalue weighted by Gasteiger charge is -2.41. The highest BCUT2D eigenvalue weighted by Gasteiger charge is 2.42. The molecule has 0 radical (unpaired) electrons. The van der Waals surface area contributed by atoms with Crippen molar-refractivity contribution >= 4 is 30.1 Å². The van der Waals surface area contributed by atoms with Crippen molar-refractivity contribution in [3.05, 3.63) is 30.3 Å². The van der Waals surface area contributed by atoms with Crippen LogP contribution in [0.15, 0.2) is 35.5 Å². The molecule has 1 aromatic carbocycles. The minimum Gasteiger partial charge on any atom is -0.469 e. The lowest BCUT2D eigenvalue weighted by molar-refractivity contribution is -0.153. The van der Waals surface area contributed by atoms with Crippen LogP contribution in [0.3, 0.4) is 0 Å². The Bertz CT molecular complexity index is 1710. The van der Waals surface area contributed by atoms with Gasteiger partial charge in [-0.05, 0) is 87.1 Å². The lowest BCUT2D eigenvalue weighted by atomic mass is 9.91. The van der Waals surface area contributed by atoms with Crippen molar-refractivity contribution in [2.75, 3.05) is 19.5 Å². The first-order valence-corrected chi connectivity index (χ1v) is 32.0. The number of methoxy groups -OCH3 is 1. The molecule has 0 N–H and O–H groups in total. The van der Waals surface area contributed by atoms with Crippen molar-refractivity contribution in [2.24, 2.45) is 11.3 Å². The molecular weight excluding hydrogens is 889 g/mol. The summed E-state index contributed by atoms with van der Waals surface area (Å²) in [6, 6.07) is 9.09. The van der Waals surface area contributed by atoms with Gasteiger partial charge in [-0.15, -0.1) is 0 Å². The van der Waals surface area contributed by atoms with E-state index in [2.05, 4.69) is 49.4 Å². The second-order valence-corrected chi connectivity index (χ2v) is 29.0. The van der Waals surface area contributed by atoms with Crippen molar-refractivity contribution in [1.82, 2.24) is 20.2 Å². The van der Waals surface area contributed by atoms with Crippen LogP contribution in [-0.4, -0.2) is 74.5 Å². The maximum Gasteiger partial charge on any atom is 0.311 e. The summed E-state index contributed by atoms with van der Waals surface area (Å²) < 4.78 is 45.2. The molecular formula is C55H100N4O7SSi. The van der Waals surface area contributed by atoms with Crippen molar-refractivity contribution in [2.45, 2.75) is 270 Å². The number of sulfone groups is 1. The molecule has 68 heavy (non-hydrogen) atoms. The van der Waals surface area contributed by atoms with E-state index in [0.717, 1.165) is 77.0 Å². The highest BCUT2D eigenvalue weighted by molar-refractivity contribution is 7.91. The molecule has 0 aliphatic rings. The van der Waals surface area contributed by atoms with Crippen LogP contribution < -0.4 is 0 Å². The number of esters is 2. The molecule has 1 heterocycles. The fraction of sp³-hybridized carbons (Fsp3) is 0.836. The Morgan fingerprint density at radius 3 is 1.44 bits per heavy atom. The first-order chi connectivity index (χ1) is 32.4. The molecule has 0 fully saturated rings. The molecule has 0 aliphatic heterocycles. The number of unbranched alkanes of at least 4 members (excludes halogenated alkanes) is 27. The highest BCUT2D eigenvalue weighted by atomic mass is 32.2. The Balaban J connectivity index is 1.54. The van der Waals surface area contributed by atoms with E-state index in [9.17, 15) is 18.0 Å². The molecule has 0 saturated carbocycles. The first-order valence-electron chi connectivity index (χ1n) is 27.4. The molecule has 0 bridgehead atoms. The zero-order valence-corrected chi connectivity index (χ0v) is 46.7. The minimum absolute atomic E-state index is 0.0231. The van der Waals surface area contributed by atoms with E-state index in [1.165, 1.54) is 127 Å². The van der Waals surface area contributed by atoms with Gasteiger partial charge in [0.25, 0.3) is 5.16 Å². The average Bonchev–Trinajstić information content (AvgIpc) is 3.80. The summed E-state index contributed by atoms with van der Waals surface area (Å²) in [5.74, 6) is -0.442. The maximum absolute atomic E-state index is 13.3. The zero-order valence-electron chi connectivity index (χ0n) is 44.9. The van der Waals surface area contributed by atoms with E-state index >= 15 is 0 Å². The van der Waals surface area contributed by atoms with Crippen LogP contribution in [0.4, 0.5) is 0 Å². The molecule has 2 atom stereocenters. The Kier molecular flexibility index (Phi) is 31.3. The van der Waals surface area contributed by atoms with Crippen LogP contribution in [0.2, 0.25) is 18.1 Å². The lowest BCUT2D eigenvalue weighted by Crippen LogP contribution is -2.47. The summed E-state index contributed by atoms with van der Waals surface area (Å²) in [4.78, 5) is 25.1. The summed E-state index contributed by atoms with van der Waals surface area (Å²) in [6.45, 7) is 17.6. The number of aromatic nitrogens is 4. The predicted octanol–water partition coefficient (Wildman–Crippen LogP) is 15.3. The Morgan fingerprint density at radius 1 is 0.603 bits per heavy atom. The van der Waals surface area contributed by atoms with Crippen molar-refractivity contribution in [3.8, 4) is 5.69 Å². The van der Waals surface area contributed by atoms with E-state index in [1.807, 2.05) is 39.0 Å². The van der Waals surface area contributed by atoms with E-state index in [0.29, 0.717) is 18.7 Å². The standard InChI is InChI=1S/C55H100N4O7SSi/c1-54(2,3)52(61)65-46-40-33-29-25-23-21-19-17-15-13-11-10-12-14-16-18-20-22-24-27-31-38-44-49(51(60)64-7)50(66-68(8,9)55(4,5)6)45-39-32-28-26-30-34-41-47-67(62,63)53-56-57-58-59(53)48-42-36-35-37-43-48/h35-37,42-43,49-50H,10-34,38-41,44-47H2,1-9H3/t49-,50-/m1/s1. The van der Waals surface area contributed by atoms with E-state index in [-0.39, 0.29) is 39.9 Å². The number of carbonyl (C=O) groups is 2. The van der Waals surface area contributed by atoms with E-state index in [4.69, 9.17) is 13.9 Å². The van der Waals surface area contributed by atoms with Gasteiger partial charge in [-0.1, -0.05) is 217 Å². The third kappa shape index (κ3) is 26.5. The van der Waals surface area contributed by atoms with Gasteiger partial charge in [0, 0.05) is 0 Å². The van der Waals surface area contributed by atoms with Gasteiger partial charge in [-0.25, -0.2) is 8.42 Å². The van der Waals surface area contributed by atoms with Crippen LogP contribution in [0.25, 0.3) is 5.69 Å². The third-order valence-electron chi connectivity index (χ3n) is 14.1. The van der Waals surface area contributed by atoms with Gasteiger partial charge in [-0.2, -0.15) is 4.68 Å². The third-order valence-corrected chi connectivity index (χ3v) is 20.2. The summed E-state index contributed by atoms with van der Waals surface area (Å²) in [5.41, 5.74) is 0.225. The van der Waals surface area contributed by atoms with Gasteiger partial charge >= 0.3 is 11.9 Å². The molecule has 2 aromatic rings. The number of benzene rings is 1. The molecule has 0 amide bonds. The van der Waals surface area contributed by atoms with Crippen LogP contribution in [-0.2, 0) is 33.3 Å². The normalized spacial score (nSPS) is 13.4. The smallest absolute Gasteiger partial charge is 0.311 e. The SMILES string of the molecule is COC(=O)[C@H](CCCCCCCCCCCCCCCCCCCCCCCCOC(=O)C(C)(C)C)[C@@H](CCCCCCCCCS(=O)(=O)c1nnnn1-c1ccccc1)O[Si](C)(C)C(C)(C)C. The van der Waals surface area contributed by atoms with Crippen molar-refractivity contribution < 1.29 is 31.9 Å². The highest BCUT2D eigenvalue weighted by Crippen LogP contribution is 2.39. The fourth-order valence-electron chi connectivity index (χ4n) is 8.60. The van der Waals surface area contributed by atoms with Gasteiger partial charge in [0.05, 0.1) is 42.6 Å². The molecule has 0 unspecified atom stereocenters. The number of carbonyl (C=O) groups excluding carboxylic acids is 2. The van der Waals surface area contributed by atoms with E-state index in [1.54, 1.807) is 12.1 Å². The maximum atomic E-state index is 13.3. The molecule has 0 saturated heterocycles. The molecule has 0 aliphatic carbocycles. The van der Waals surface area contributed by atoms with Gasteiger partial charge < -0.3 is 13.9 Å².